The molecule has 0 fully saturated rings. The number of aryl methyl sites for hydroxylation is 1. The Hall–Kier alpha value is -1.16. The minimum Gasteiger partial charge on any atom is -0.271 e. The zero-order valence-corrected chi connectivity index (χ0v) is 12.7. The highest BCUT2D eigenvalue weighted by Crippen LogP contribution is 2.15. The number of nitrogens with two attached hydrogens (primary N) is 1. The Kier molecular flexibility index (Phi) is 5.14. The first-order valence-corrected chi connectivity index (χ1v) is 7.23. The molecule has 2 rings (SSSR count). The molecule has 0 saturated heterocycles. The van der Waals surface area contributed by atoms with Crippen LogP contribution in [0.15, 0.2) is 53.0 Å². The van der Waals surface area contributed by atoms with Crippen molar-refractivity contribution in [3.63, 3.8) is 0 Å². The van der Waals surface area contributed by atoms with E-state index in [0.29, 0.717) is 0 Å². The van der Waals surface area contributed by atoms with Gasteiger partial charge in [0.1, 0.15) is 0 Å². The summed E-state index contributed by atoms with van der Waals surface area (Å²) in [6.07, 6.45) is 1.86. The molecule has 0 spiro atoms. The predicted octanol–water partition coefficient (Wildman–Crippen LogP) is 3.37. The first-order chi connectivity index (χ1) is 9.17. The van der Waals surface area contributed by atoms with Crippen molar-refractivity contribution in [3.8, 4) is 0 Å². The third kappa shape index (κ3) is 4.46. The first kappa shape index (κ1) is 14.3. The lowest BCUT2D eigenvalue weighted by atomic mass is 9.98. The summed E-state index contributed by atoms with van der Waals surface area (Å²) in [5.74, 6) is 5.68. The summed E-state index contributed by atoms with van der Waals surface area (Å²) in [6.45, 7) is 2.11. The number of hydrazine groups is 1. The van der Waals surface area contributed by atoms with Crippen LogP contribution < -0.4 is 11.3 Å². The highest BCUT2D eigenvalue weighted by molar-refractivity contribution is 9.10. The van der Waals surface area contributed by atoms with Gasteiger partial charge in [0.2, 0.25) is 0 Å². The fourth-order valence-electron chi connectivity index (χ4n) is 2.26. The predicted molar refractivity (Wildman–Crippen MR) is 83.8 cm³/mol. The largest absolute Gasteiger partial charge is 0.271 e. The lowest BCUT2D eigenvalue weighted by Crippen LogP contribution is -2.38. The molecule has 19 heavy (non-hydrogen) atoms. The monoisotopic (exact) mass is 318 g/mol. The van der Waals surface area contributed by atoms with Crippen molar-refractivity contribution in [1.82, 2.24) is 5.43 Å². The van der Waals surface area contributed by atoms with Crippen LogP contribution in [-0.4, -0.2) is 6.04 Å². The maximum absolute atomic E-state index is 5.68. The van der Waals surface area contributed by atoms with Crippen LogP contribution in [0.1, 0.15) is 16.7 Å². The molecule has 0 aliphatic carbocycles. The minimum absolute atomic E-state index is 0.246. The van der Waals surface area contributed by atoms with Gasteiger partial charge < -0.3 is 0 Å². The van der Waals surface area contributed by atoms with Crippen LogP contribution in [0.25, 0.3) is 0 Å². The van der Waals surface area contributed by atoms with E-state index in [1.165, 1.54) is 16.7 Å². The van der Waals surface area contributed by atoms with Gasteiger partial charge in [0.05, 0.1) is 0 Å². The molecule has 0 bridgehead atoms. The van der Waals surface area contributed by atoms with E-state index < -0.39 is 0 Å². The molecule has 1 atom stereocenters. The smallest absolute Gasteiger partial charge is 0.0291 e. The first-order valence-electron chi connectivity index (χ1n) is 6.43. The molecule has 100 valence electrons. The van der Waals surface area contributed by atoms with Gasteiger partial charge >= 0.3 is 0 Å². The number of rotatable bonds is 5. The molecule has 0 aromatic heterocycles. The summed E-state index contributed by atoms with van der Waals surface area (Å²) in [5.41, 5.74) is 6.81. The van der Waals surface area contributed by atoms with Gasteiger partial charge in [-0.2, -0.15) is 0 Å². The maximum Gasteiger partial charge on any atom is 0.0291 e. The number of benzene rings is 2. The molecular weight excluding hydrogens is 300 g/mol. The van der Waals surface area contributed by atoms with E-state index in [1.54, 1.807) is 0 Å². The normalized spacial score (nSPS) is 12.4. The number of hydrogen-bond donors (Lipinski definition) is 2. The van der Waals surface area contributed by atoms with Crippen LogP contribution >= 0.6 is 15.9 Å². The van der Waals surface area contributed by atoms with E-state index in [4.69, 9.17) is 5.84 Å². The van der Waals surface area contributed by atoms with Crippen molar-refractivity contribution in [1.29, 1.82) is 0 Å². The molecular formula is C16H19BrN2. The molecule has 0 saturated carbocycles. The number of halogens is 1. The summed E-state index contributed by atoms with van der Waals surface area (Å²) in [4.78, 5) is 0. The molecule has 3 N–H and O–H groups in total. The third-order valence-corrected chi connectivity index (χ3v) is 3.66. The molecule has 0 heterocycles. The van der Waals surface area contributed by atoms with Crippen LogP contribution in [0.2, 0.25) is 0 Å². The van der Waals surface area contributed by atoms with Crippen molar-refractivity contribution in [2.24, 2.45) is 5.84 Å². The van der Waals surface area contributed by atoms with Crippen molar-refractivity contribution in [2.45, 2.75) is 25.8 Å². The fraction of sp³-hybridized carbons (Fsp3) is 0.250. The summed E-state index contributed by atoms with van der Waals surface area (Å²) in [7, 11) is 0. The highest BCUT2D eigenvalue weighted by Gasteiger charge is 2.09. The van der Waals surface area contributed by atoms with Crippen molar-refractivity contribution >= 4 is 15.9 Å². The van der Waals surface area contributed by atoms with Crippen LogP contribution in [0.3, 0.4) is 0 Å². The van der Waals surface area contributed by atoms with Gasteiger partial charge in [0, 0.05) is 10.5 Å². The molecule has 2 aromatic rings. The Balaban J connectivity index is 2.04. The fourth-order valence-corrected chi connectivity index (χ4v) is 2.71. The van der Waals surface area contributed by atoms with E-state index in [9.17, 15) is 0 Å². The Bertz CT molecular complexity index is 492. The van der Waals surface area contributed by atoms with E-state index >= 15 is 0 Å². The summed E-state index contributed by atoms with van der Waals surface area (Å²) < 4.78 is 1.11. The topological polar surface area (TPSA) is 38.0 Å². The van der Waals surface area contributed by atoms with Crippen molar-refractivity contribution in [3.05, 3.63) is 69.7 Å². The standard InChI is InChI=1S/C16H19BrN2/c1-12-4-2-5-13(8-12)10-16(19-18)11-14-6-3-7-15(17)9-14/h2-9,16,19H,10-11,18H2,1H3. The zero-order valence-electron chi connectivity index (χ0n) is 11.1. The Morgan fingerprint density at radius 1 is 1.05 bits per heavy atom. The Morgan fingerprint density at radius 2 is 1.68 bits per heavy atom. The maximum atomic E-state index is 5.68. The molecule has 1 unspecified atom stereocenters. The van der Waals surface area contributed by atoms with Gasteiger partial charge in [-0.15, -0.1) is 0 Å². The SMILES string of the molecule is Cc1cccc(CC(Cc2cccc(Br)c2)NN)c1. The average Bonchev–Trinajstić information content (AvgIpc) is 2.38. The molecule has 0 radical (unpaired) electrons. The highest BCUT2D eigenvalue weighted by atomic mass is 79.9. The molecule has 2 nitrogen and oxygen atoms in total. The Labute approximate surface area is 123 Å². The molecule has 3 heteroatoms. The lowest BCUT2D eigenvalue weighted by molar-refractivity contribution is 0.522. The second-order valence-electron chi connectivity index (χ2n) is 4.89. The Morgan fingerprint density at radius 3 is 2.26 bits per heavy atom. The zero-order chi connectivity index (χ0) is 13.7. The third-order valence-electron chi connectivity index (χ3n) is 3.17. The molecule has 2 aromatic carbocycles. The summed E-state index contributed by atoms with van der Waals surface area (Å²) in [5, 5.41) is 0. The van der Waals surface area contributed by atoms with E-state index in [1.807, 2.05) is 6.07 Å². The van der Waals surface area contributed by atoms with E-state index in [0.717, 1.165) is 17.3 Å². The quantitative estimate of drug-likeness (QED) is 0.655. The number of hydrogen-bond acceptors (Lipinski definition) is 2. The van der Waals surface area contributed by atoms with Gasteiger partial charge in [0.15, 0.2) is 0 Å². The number of nitrogens with one attached hydrogen (secondary N) is 1. The molecule has 0 aliphatic heterocycles. The van der Waals surface area contributed by atoms with Crippen molar-refractivity contribution < 1.29 is 0 Å². The van der Waals surface area contributed by atoms with Gasteiger partial charge in [-0.25, -0.2) is 0 Å². The van der Waals surface area contributed by atoms with Gasteiger partial charge in [-0.1, -0.05) is 57.9 Å². The van der Waals surface area contributed by atoms with E-state index in [-0.39, 0.29) is 6.04 Å². The summed E-state index contributed by atoms with van der Waals surface area (Å²) >= 11 is 3.50. The van der Waals surface area contributed by atoms with Gasteiger partial charge in [-0.3, -0.25) is 11.3 Å². The van der Waals surface area contributed by atoms with Crippen molar-refractivity contribution in [2.75, 3.05) is 0 Å². The average molecular weight is 319 g/mol. The second kappa shape index (κ2) is 6.85. The molecule has 0 amide bonds. The van der Waals surface area contributed by atoms with Gasteiger partial charge in [0.25, 0.3) is 0 Å². The van der Waals surface area contributed by atoms with Gasteiger partial charge in [-0.05, 0) is 43.0 Å². The van der Waals surface area contributed by atoms with Crippen LogP contribution in [0, 0.1) is 6.92 Å². The second-order valence-corrected chi connectivity index (χ2v) is 5.81. The minimum atomic E-state index is 0.246. The lowest BCUT2D eigenvalue weighted by Gasteiger charge is -2.16. The van der Waals surface area contributed by atoms with E-state index in [2.05, 4.69) is 70.7 Å². The van der Waals surface area contributed by atoms with Crippen LogP contribution in [0.4, 0.5) is 0 Å². The van der Waals surface area contributed by atoms with Crippen LogP contribution in [0.5, 0.6) is 0 Å². The molecule has 0 aliphatic rings. The van der Waals surface area contributed by atoms with Crippen LogP contribution in [-0.2, 0) is 12.8 Å². The summed E-state index contributed by atoms with van der Waals surface area (Å²) in [6, 6.07) is 17.2.